The van der Waals surface area contributed by atoms with Gasteiger partial charge in [0, 0.05) is 29.9 Å². The third kappa shape index (κ3) is 13.1. The number of aromatic amines is 1. The van der Waals surface area contributed by atoms with Crippen LogP contribution in [0.5, 0.6) is 5.75 Å². The zero-order chi connectivity index (χ0) is 38.2. The normalized spacial score (nSPS) is 12.4. The summed E-state index contributed by atoms with van der Waals surface area (Å²) in [6.07, 6.45) is 0.799. The van der Waals surface area contributed by atoms with E-state index in [0.717, 1.165) is 10.9 Å². The van der Waals surface area contributed by atoms with E-state index < -0.39 is 91.5 Å². The summed E-state index contributed by atoms with van der Waals surface area (Å²) in [7, 11) is 1.55. The highest BCUT2D eigenvalue weighted by Crippen LogP contribution is 2.19. The fourth-order valence-corrected chi connectivity index (χ4v) is 4.97. The number of carbonyl (C=O) groups excluding carboxylic acids is 7. The van der Waals surface area contributed by atoms with Crippen LogP contribution in [0.1, 0.15) is 17.5 Å². The van der Waals surface area contributed by atoms with E-state index >= 15 is 0 Å². The third-order valence-corrected chi connectivity index (χ3v) is 7.43. The number of carboxylic acids is 1. The van der Waals surface area contributed by atoms with Gasteiger partial charge >= 0.3 is 5.97 Å². The second kappa shape index (κ2) is 19.6. The van der Waals surface area contributed by atoms with Crippen LogP contribution in [-0.4, -0.2) is 114 Å². The first-order chi connectivity index (χ1) is 24.7. The second-order valence-electron chi connectivity index (χ2n) is 11.5. The number of hydrogen-bond acceptors (Lipinski definition) is 10. The van der Waals surface area contributed by atoms with E-state index in [4.69, 9.17) is 10.8 Å². The van der Waals surface area contributed by atoms with Crippen molar-refractivity contribution in [3.63, 3.8) is 0 Å². The van der Waals surface area contributed by atoms with Crippen molar-refractivity contribution in [3.8, 4) is 5.75 Å². The van der Waals surface area contributed by atoms with Crippen LogP contribution in [0.2, 0.25) is 0 Å². The monoisotopic (exact) mass is 723 g/mol. The zero-order valence-electron chi connectivity index (χ0n) is 28.1. The Hall–Kier alpha value is -6.50. The molecule has 0 aliphatic heterocycles. The maximum absolute atomic E-state index is 13.4. The lowest BCUT2D eigenvalue weighted by Gasteiger charge is -2.21. The lowest BCUT2D eigenvalue weighted by molar-refractivity contribution is -0.140. The Balaban J connectivity index is 1.70. The van der Waals surface area contributed by atoms with E-state index in [0.29, 0.717) is 11.1 Å². The van der Waals surface area contributed by atoms with E-state index in [1.807, 2.05) is 6.07 Å². The first-order valence-electron chi connectivity index (χ1n) is 15.9. The number of phenols is 1. The third-order valence-electron chi connectivity index (χ3n) is 7.43. The molecule has 12 N–H and O–H groups in total. The highest BCUT2D eigenvalue weighted by atomic mass is 16.4. The molecule has 3 rings (SSSR count). The summed E-state index contributed by atoms with van der Waals surface area (Å²) in [6, 6.07) is 9.23. The average Bonchev–Trinajstić information content (AvgIpc) is 3.51. The van der Waals surface area contributed by atoms with E-state index in [-0.39, 0.29) is 25.1 Å². The van der Waals surface area contributed by atoms with E-state index in [9.17, 15) is 43.5 Å². The summed E-state index contributed by atoms with van der Waals surface area (Å²) in [6.45, 7) is -1.99. The van der Waals surface area contributed by atoms with Gasteiger partial charge in [0.15, 0.2) is 0 Å². The molecule has 1 aromatic heterocycles. The van der Waals surface area contributed by atoms with Crippen molar-refractivity contribution >= 4 is 58.2 Å². The molecular formula is C33H41N9O10. The largest absolute Gasteiger partial charge is 0.508 e. The molecule has 52 heavy (non-hydrogen) atoms. The van der Waals surface area contributed by atoms with Gasteiger partial charge in [-0.3, -0.25) is 38.4 Å². The fraction of sp³-hybridized carbons (Fsp3) is 0.333. The van der Waals surface area contributed by atoms with Gasteiger partial charge in [0.1, 0.15) is 23.9 Å². The molecule has 0 bridgehead atoms. The minimum atomic E-state index is -1.59. The molecule has 0 saturated carbocycles. The number of hydrogen-bond donors (Lipinski definition) is 11. The topological polar surface area (TPSA) is 303 Å². The number of para-hydroxylation sites is 1. The van der Waals surface area contributed by atoms with Crippen LogP contribution in [0.25, 0.3) is 10.9 Å². The van der Waals surface area contributed by atoms with Crippen molar-refractivity contribution in [1.29, 1.82) is 0 Å². The number of likely N-dealkylation sites (N-methyl/N-ethyl adjacent to an activating group) is 1. The fourth-order valence-electron chi connectivity index (χ4n) is 4.97. The zero-order valence-corrected chi connectivity index (χ0v) is 28.1. The van der Waals surface area contributed by atoms with Gasteiger partial charge in [-0.15, -0.1) is 0 Å². The Kier molecular flexibility index (Phi) is 15.1. The number of carbonyl (C=O) groups is 8. The lowest BCUT2D eigenvalue weighted by atomic mass is 10.0. The molecule has 0 radical (unpaired) electrons. The Morgan fingerprint density at radius 3 is 1.79 bits per heavy atom. The molecule has 7 amide bonds. The van der Waals surface area contributed by atoms with Crippen LogP contribution in [0.15, 0.2) is 54.7 Å². The minimum Gasteiger partial charge on any atom is -0.508 e. The molecular weight excluding hydrogens is 682 g/mol. The van der Waals surface area contributed by atoms with Gasteiger partial charge in [-0.05, 0) is 36.4 Å². The van der Waals surface area contributed by atoms with Crippen LogP contribution in [0.4, 0.5) is 0 Å². The number of phenolic OH excluding ortho intramolecular Hbond substituents is 1. The molecule has 0 aliphatic rings. The Labute approximate surface area is 296 Å². The van der Waals surface area contributed by atoms with Gasteiger partial charge in [-0.1, -0.05) is 30.3 Å². The molecule has 2 aromatic carbocycles. The second-order valence-corrected chi connectivity index (χ2v) is 11.5. The Bertz CT molecular complexity index is 1780. The van der Waals surface area contributed by atoms with Gasteiger partial charge in [-0.25, -0.2) is 0 Å². The highest BCUT2D eigenvalue weighted by molar-refractivity contribution is 5.96. The average molecular weight is 724 g/mol. The molecule has 278 valence electrons. The molecule has 3 atom stereocenters. The summed E-state index contributed by atoms with van der Waals surface area (Å²) >= 11 is 0. The maximum Gasteiger partial charge on any atom is 0.305 e. The smallest absolute Gasteiger partial charge is 0.305 e. The number of nitrogens with one attached hydrogen (secondary N) is 8. The van der Waals surface area contributed by atoms with Crippen LogP contribution >= 0.6 is 0 Å². The van der Waals surface area contributed by atoms with Crippen molar-refractivity contribution in [2.24, 2.45) is 5.73 Å². The number of fused-ring (bicyclic) bond motifs is 1. The number of carboxylic acid groups (broad SMARTS) is 1. The standard InChI is InChI=1S/C33H41N9O10/c1-35-15-27(45)40-23(10-18-6-8-20(43)9-7-18)31(50)38-16-28(46)41-24(11-19-13-36-22-5-3-2-4-21(19)22)32(51)39-17-29(47)42-25(12-30(48)49)33(52)37-14-26(34)44/h2-9,13,23-25,35-36,43H,10-12,14-17H2,1H3,(H2,34,44)(H,37,52)(H,38,50)(H,39,51)(H,40,45)(H,41,46)(H,42,47)(H,48,49)/t23-,24-,25-/m0/s1. The quantitative estimate of drug-likeness (QED) is 0.0547. The summed E-state index contributed by atoms with van der Waals surface area (Å²) < 4.78 is 0. The maximum atomic E-state index is 13.4. The van der Waals surface area contributed by atoms with Gasteiger partial charge in [0.2, 0.25) is 41.4 Å². The number of amides is 7. The number of benzene rings is 2. The number of aromatic hydroxyl groups is 1. The molecule has 0 aliphatic carbocycles. The van der Waals surface area contributed by atoms with Crippen LogP contribution in [-0.2, 0) is 51.2 Å². The number of aliphatic carboxylic acids is 1. The van der Waals surface area contributed by atoms with Gasteiger partial charge in [-0.2, -0.15) is 0 Å². The van der Waals surface area contributed by atoms with Crippen LogP contribution < -0.4 is 43.0 Å². The number of H-pyrrole nitrogens is 1. The molecule has 0 spiro atoms. The van der Waals surface area contributed by atoms with Crippen molar-refractivity contribution in [1.82, 2.24) is 42.2 Å². The predicted octanol–water partition coefficient (Wildman–Crippen LogP) is -3.36. The Morgan fingerprint density at radius 1 is 0.692 bits per heavy atom. The number of nitrogens with two attached hydrogens (primary N) is 1. The summed E-state index contributed by atoms with van der Waals surface area (Å²) in [5.41, 5.74) is 7.00. The van der Waals surface area contributed by atoms with Gasteiger partial charge < -0.3 is 58.1 Å². The summed E-state index contributed by atoms with van der Waals surface area (Å²) in [5, 5.41) is 36.4. The SMILES string of the molecule is CNCC(=O)N[C@@H](Cc1ccc(O)cc1)C(=O)NCC(=O)N[C@@H](Cc1c[nH]c2ccccc12)C(=O)NCC(=O)N[C@@H](CC(=O)O)C(=O)NCC(N)=O. The summed E-state index contributed by atoms with van der Waals surface area (Å²) in [5.74, 6) is -7.02. The number of primary amides is 1. The first-order valence-corrected chi connectivity index (χ1v) is 15.9. The van der Waals surface area contributed by atoms with Gasteiger partial charge in [0.05, 0.1) is 32.6 Å². The Morgan fingerprint density at radius 2 is 1.21 bits per heavy atom. The van der Waals surface area contributed by atoms with Crippen LogP contribution in [0.3, 0.4) is 0 Å². The summed E-state index contributed by atoms with van der Waals surface area (Å²) in [4.78, 5) is 102. The molecule has 1 heterocycles. The molecule has 3 aromatic rings. The molecule has 0 saturated heterocycles. The van der Waals surface area contributed by atoms with Gasteiger partial charge in [0.25, 0.3) is 0 Å². The van der Waals surface area contributed by atoms with Crippen LogP contribution in [0, 0.1) is 0 Å². The molecule has 19 heteroatoms. The van der Waals surface area contributed by atoms with Crippen molar-refractivity contribution in [3.05, 3.63) is 65.9 Å². The molecule has 0 unspecified atom stereocenters. The number of aromatic nitrogens is 1. The van der Waals surface area contributed by atoms with Crippen molar-refractivity contribution in [2.75, 3.05) is 33.2 Å². The lowest BCUT2D eigenvalue weighted by Crippen LogP contribution is -2.55. The minimum absolute atomic E-state index is 0.0133. The van der Waals surface area contributed by atoms with Crippen molar-refractivity contribution in [2.45, 2.75) is 37.4 Å². The van der Waals surface area contributed by atoms with E-state index in [1.54, 1.807) is 43.6 Å². The molecule has 19 nitrogen and oxygen atoms in total. The highest BCUT2D eigenvalue weighted by Gasteiger charge is 2.27. The number of rotatable bonds is 20. The van der Waals surface area contributed by atoms with Crippen molar-refractivity contribution < 1.29 is 48.6 Å². The van der Waals surface area contributed by atoms with E-state index in [1.165, 1.54) is 12.1 Å². The molecule has 0 fully saturated rings. The first kappa shape index (κ1) is 39.9. The predicted molar refractivity (Wildman–Crippen MR) is 184 cm³/mol. The van der Waals surface area contributed by atoms with E-state index in [2.05, 4.69) is 42.2 Å².